The molecule has 76 valence electrons. The Kier molecular flexibility index (Phi) is 4.31. The van der Waals surface area contributed by atoms with Crippen LogP contribution in [0.25, 0.3) is 0 Å². The van der Waals surface area contributed by atoms with Crippen molar-refractivity contribution in [1.82, 2.24) is 0 Å². The molecule has 0 aliphatic rings. The van der Waals surface area contributed by atoms with Gasteiger partial charge in [-0.25, -0.2) is 0 Å². The number of rotatable bonds is 6. The maximum atomic E-state index is 7.31. The Morgan fingerprint density at radius 2 is 1.69 bits per heavy atom. The molecule has 0 saturated carbocycles. The number of nitrogens with one attached hydrogen (secondary N) is 2. The third-order valence-electron chi connectivity index (χ3n) is 2.72. The minimum absolute atomic E-state index is 0.0340. The van der Waals surface area contributed by atoms with Crippen LogP contribution in [0.5, 0.6) is 0 Å². The van der Waals surface area contributed by atoms with E-state index in [0.29, 0.717) is 0 Å². The van der Waals surface area contributed by atoms with Gasteiger partial charge >= 0.3 is 0 Å². The lowest BCUT2D eigenvalue weighted by molar-refractivity contribution is 0.230. The Morgan fingerprint density at radius 3 is 2.00 bits per heavy atom. The van der Waals surface area contributed by atoms with Gasteiger partial charge in [-0.1, -0.05) is 34.1 Å². The van der Waals surface area contributed by atoms with Gasteiger partial charge in [-0.3, -0.25) is 0 Å². The summed E-state index contributed by atoms with van der Waals surface area (Å²) in [7, 11) is 0. The average molecular weight is 182 g/mol. The summed E-state index contributed by atoms with van der Waals surface area (Å²) in [5.74, 6) is 0. The summed E-state index contributed by atoms with van der Waals surface area (Å²) in [4.78, 5) is 0. The lowest BCUT2D eigenvalue weighted by Crippen LogP contribution is -2.26. The molecule has 0 aliphatic carbocycles. The predicted molar refractivity (Wildman–Crippen MR) is 59.0 cm³/mol. The van der Waals surface area contributed by atoms with Crippen LogP contribution in [0.15, 0.2) is 0 Å². The third-order valence-corrected chi connectivity index (χ3v) is 2.72. The molecule has 0 aromatic rings. The maximum Gasteiger partial charge on any atom is 0.000888 e. The zero-order chi connectivity index (χ0) is 10.5. The smallest absolute Gasteiger partial charge is 0.000888 e. The fourth-order valence-corrected chi connectivity index (χ4v) is 1.74. The molecule has 0 aromatic carbocycles. The molecular weight excluding hydrogens is 160 g/mol. The molecule has 0 saturated heterocycles. The van der Waals surface area contributed by atoms with Crippen LogP contribution in [0.4, 0.5) is 0 Å². The van der Waals surface area contributed by atoms with E-state index in [1.807, 2.05) is 0 Å². The minimum Gasteiger partial charge on any atom is -0.313 e. The van der Waals surface area contributed by atoms with Crippen LogP contribution >= 0.6 is 0 Å². The number of hydrogen-bond acceptors (Lipinski definition) is 2. The van der Waals surface area contributed by atoms with Crippen molar-refractivity contribution in [2.75, 3.05) is 0 Å². The molecule has 2 heteroatoms. The van der Waals surface area contributed by atoms with Gasteiger partial charge in [0.2, 0.25) is 0 Å². The molecule has 0 amide bonds. The second-order valence-electron chi connectivity index (χ2n) is 4.88. The van der Waals surface area contributed by atoms with Gasteiger partial charge in [0.1, 0.15) is 0 Å². The predicted octanol–water partition coefficient (Wildman–Crippen LogP) is 3.51. The molecule has 0 heterocycles. The van der Waals surface area contributed by atoms with E-state index in [4.69, 9.17) is 10.8 Å². The SMILES string of the molecule is CCC(C)(CC=N)CC(C)(C)C=N. The van der Waals surface area contributed by atoms with E-state index in [2.05, 4.69) is 27.7 Å². The highest BCUT2D eigenvalue weighted by Crippen LogP contribution is 2.37. The quantitative estimate of drug-likeness (QED) is 0.591. The van der Waals surface area contributed by atoms with Crippen molar-refractivity contribution < 1.29 is 0 Å². The molecule has 13 heavy (non-hydrogen) atoms. The maximum absolute atomic E-state index is 7.31. The zero-order valence-corrected chi connectivity index (χ0v) is 9.28. The van der Waals surface area contributed by atoms with E-state index in [1.54, 1.807) is 0 Å². The Morgan fingerprint density at radius 1 is 1.15 bits per heavy atom. The monoisotopic (exact) mass is 182 g/mol. The van der Waals surface area contributed by atoms with Gasteiger partial charge in [0.25, 0.3) is 0 Å². The highest BCUT2D eigenvalue weighted by Gasteiger charge is 2.28. The summed E-state index contributed by atoms with van der Waals surface area (Å²) in [5, 5.41) is 14.5. The first-order chi connectivity index (χ1) is 5.89. The second kappa shape index (κ2) is 4.54. The standard InChI is InChI=1S/C11H22N2/c1-5-11(4,6-7-12)8-10(2,3)9-13/h7,9,12-13H,5-6,8H2,1-4H3. The molecule has 1 unspecified atom stereocenters. The van der Waals surface area contributed by atoms with Crippen molar-refractivity contribution in [2.45, 2.75) is 47.0 Å². The van der Waals surface area contributed by atoms with Crippen LogP contribution in [0.2, 0.25) is 0 Å². The molecule has 0 rings (SSSR count). The van der Waals surface area contributed by atoms with Crippen LogP contribution in [-0.4, -0.2) is 12.4 Å². The molecule has 1 atom stereocenters. The molecule has 0 aliphatic heterocycles. The van der Waals surface area contributed by atoms with E-state index < -0.39 is 0 Å². The fraction of sp³-hybridized carbons (Fsp3) is 0.818. The zero-order valence-electron chi connectivity index (χ0n) is 9.28. The molecular formula is C11H22N2. The van der Waals surface area contributed by atoms with Crippen molar-refractivity contribution >= 4 is 12.4 Å². The van der Waals surface area contributed by atoms with Gasteiger partial charge in [0, 0.05) is 6.21 Å². The van der Waals surface area contributed by atoms with Crippen LogP contribution in [0.3, 0.4) is 0 Å². The van der Waals surface area contributed by atoms with Gasteiger partial charge in [-0.05, 0) is 29.9 Å². The van der Waals surface area contributed by atoms with Gasteiger partial charge in [0.15, 0.2) is 0 Å². The minimum atomic E-state index is -0.0340. The molecule has 2 N–H and O–H groups in total. The molecule has 0 spiro atoms. The van der Waals surface area contributed by atoms with Crippen molar-refractivity contribution in [1.29, 1.82) is 10.8 Å². The molecule has 0 bridgehead atoms. The molecule has 0 fully saturated rings. The summed E-state index contributed by atoms with van der Waals surface area (Å²) in [6, 6.07) is 0. The summed E-state index contributed by atoms with van der Waals surface area (Å²) >= 11 is 0. The Bertz CT molecular complexity index is 185. The van der Waals surface area contributed by atoms with Crippen LogP contribution in [0, 0.1) is 21.6 Å². The molecule has 0 radical (unpaired) electrons. The summed E-state index contributed by atoms with van der Waals surface area (Å²) in [5.41, 5.74) is 0.149. The van der Waals surface area contributed by atoms with E-state index in [-0.39, 0.29) is 10.8 Å². The molecule has 0 aromatic heterocycles. The lowest BCUT2D eigenvalue weighted by Gasteiger charge is -2.33. The highest BCUT2D eigenvalue weighted by atomic mass is 14.4. The lowest BCUT2D eigenvalue weighted by atomic mass is 9.71. The van der Waals surface area contributed by atoms with Gasteiger partial charge in [-0.2, -0.15) is 0 Å². The van der Waals surface area contributed by atoms with Crippen molar-refractivity contribution in [3.63, 3.8) is 0 Å². The molecule has 2 nitrogen and oxygen atoms in total. The largest absolute Gasteiger partial charge is 0.313 e. The van der Waals surface area contributed by atoms with Crippen LogP contribution in [-0.2, 0) is 0 Å². The average Bonchev–Trinajstić information content (AvgIpc) is 2.04. The Labute approximate surface area is 81.8 Å². The van der Waals surface area contributed by atoms with Gasteiger partial charge < -0.3 is 10.8 Å². The Hall–Kier alpha value is -0.660. The van der Waals surface area contributed by atoms with E-state index in [9.17, 15) is 0 Å². The summed E-state index contributed by atoms with van der Waals surface area (Å²) < 4.78 is 0. The first-order valence-corrected chi connectivity index (χ1v) is 4.90. The summed E-state index contributed by atoms with van der Waals surface area (Å²) in [6.07, 6.45) is 5.88. The van der Waals surface area contributed by atoms with Gasteiger partial charge in [0.05, 0.1) is 0 Å². The highest BCUT2D eigenvalue weighted by molar-refractivity contribution is 5.61. The summed E-state index contributed by atoms with van der Waals surface area (Å²) in [6.45, 7) is 8.52. The van der Waals surface area contributed by atoms with E-state index >= 15 is 0 Å². The van der Waals surface area contributed by atoms with Crippen LogP contribution < -0.4 is 0 Å². The van der Waals surface area contributed by atoms with Crippen molar-refractivity contribution in [3.8, 4) is 0 Å². The third kappa shape index (κ3) is 4.20. The van der Waals surface area contributed by atoms with E-state index in [1.165, 1.54) is 12.4 Å². The Balaban J connectivity index is 4.42. The van der Waals surface area contributed by atoms with Crippen molar-refractivity contribution in [2.24, 2.45) is 10.8 Å². The first kappa shape index (κ1) is 12.3. The number of hydrogen-bond donors (Lipinski definition) is 2. The fourth-order valence-electron chi connectivity index (χ4n) is 1.74. The van der Waals surface area contributed by atoms with Crippen molar-refractivity contribution in [3.05, 3.63) is 0 Å². The topological polar surface area (TPSA) is 47.7 Å². The normalized spacial score (nSPS) is 16.3. The first-order valence-electron chi connectivity index (χ1n) is 4.90. The van der Waals surface area contributed by atoms with E-state index in [0.717, 1.165) is 19.3 Å². The van der Waals surface area contributed by atoms with Gasteiger partial charge in [-0.15, -0.1) is 0 Å². The second-order valence-corrected chi connectivity index (χ2v) is 4.88. The van der Waals surface area contributed by atoms with Crippen LogP contribution in [0.1, 0.15) is 47.0 Å².